The van der Waals surface area contributed by atoms with Gasteiger partial charge in [0, 0.05) is 10.3 Å². The van der Waals surface area contributed by atoms with Gasteiger partial charge in [-0.05, 0) is 29.9 Å². The highest BCUT2D eigenvalue weighted by molar-refractivity contribution is 7.99. The largest absolute Gasteiger partial charge is 0.429 e. The molecule has 2 heterocycles. The van der Waals surface area contributed by atoms with E-state index in [1.54, 1.807) is 11.8 Å². The van der Waals surface area contributed by atoms with Gasteiger partial charge < -0.3 is 4.74 Å². The van der Waals surface area contributed by atoms with Crippen LogP contribution in [0.1, 0.15) is 18.4 Å². The molecule has 118 valence electrons. The molecule has 23 heavy (non-hydrogen) atoms. The molecule has 3 aliphatic rings. The van der Waals surface area contributed by atoms with Crippen LogP contribution in [0.2, 0.25) is 0 Å². The third-order valence-corrected chi connectivity index (χ3v) is 6.38. The van der Waals surface area contributed by atoms with E-state index in [2.05, 4.69) is 0 Å². The van der Waals surface area contributed by atoms with Crippen molar-refractivity contribution in [3.63, 3.8) is 0 Å². The Morgan fingerprint density at radius 3 is 2.83 bits per heavy atom. The second-order valence-electron chi connectivity index (χ2n) is 5.90. The molecule has 1 fully saturated rings. The molecular formula is C17H12Cl2O3S. The molecule has 0 N–H and O–H groups in total. The second kappa shape index (κ2) is 5.40. The highest BCUT2D eigenvalue weighted by Crippen LogP contribution is 2.55. The third-order valence-electron chi connectivity index (χ3n) is 4.71. The van der Waals surface area contributed by atoms with Crippen LogP contribution in [0.5, 0.6) is 0 Å². The SMILES string of the molecule is O=C1CC2(CCSc3ccccc32)C2C(=O)C(Cl)=CC(Cl)=C2O1. The van der Waals surface area contributed by atoms with Crippen molar-refractivity contribution in [2.45, 2.75) is 23.2 Å². The summed E-state index contributed by atoms with van der Waals surface area (Å²) in [5.74, 6) is -0.123. The van der Waals surface area contributed by atoms with Crippen molar-refractivity contribution in [3.8, 4) is 0 Å². The summed E-state index contributed by atoms with van der Waals surface area (Å²) < 4.78 is 5.34. The summed E-state index contributed by atoms with van der Waals surface area (Å²) in [5.41, 5.74) is 0.387. The summed E-state index contributed by atoms with van der Waals surface area (Å²) in [5, 5.41) is 0.333. The number of rotatable bonds is 0. The second-order valence-corrected chi connectivity index (χ2v) is 7.85. The predicted octanol–water partition coefficient (Wildman–Crippen LogP) is 4.14. The van der Waals surface area contributed by atoms with E-state index in [9.17, 15) is 9.59 Å². The zero-order valence-electron chi connectivity index (χ0n) is 12.0. The normalized spacial score (nSPS) is 29.8. The number of carbonyl (C=O) groups is 2. The Labute approximate surface area is 147 Å². The van der Waals surface area contributed by atoms with Crippen molar-refractivity contribution in [3.05, 3.63) is 51.7 Å². The minimum absolute atomic E-state index is 0.0942. The lowest BCUT2D eigenvalue weighted by Crippen LogP contribution is -2.50. The van der Waals surface area contributed by atoms with Gasteiger partial charge in [0.25, 0.3) is 0 Å². The summed E-state index contributed by atoms with van der Waals surface area (Å²) >= 11 is 14.1. The molecule has 1 aromatic carbocycles. The van der Waals surface area contributed by atoms with Crippen molar-refractivity contribution >= 4 is 46.7 Å². The fraction of sp³-hybridized carbons (Fsp3) is 0.294. The summed E-state index contributed by atoms with van der Waals surface area (Å²) in [4.78, 5) is 26.2. The zero-order chi connectivity index (χ0) is 16.2. The Balaban J connectivity index is 1.97. The molecule has 1 aliphatic carbocycles. The van der Waals surface area contributed by atoms with Crippen LogP contribution < -0.4 is 0 Å². The first-order valence-corrected chi connectivity index (χ1v) is 9.01. The third kappa shape index (κ3) is 2.19. The monoisotopic (exact) mass is 366 g/mol. The molecule has 1 saturated heterocycles. The van der Waals surface area contributed by atoms with E-state index in [1.807, 2.05) is 24.3 Å². The molecule has 0 saturated carbocycles. The lowest BCUT2D eigenvalue weighted by Gasteiger charge is -2.47. The fourth-order valence-electron chi connectivity index (χ4n) is 3.74. The molecule has 2 unspecified atom stereocenters. The summed E-state index contributed by atoms with van der Waals surface area (Å²) in [7, 11) is 0. The van der Waals surface area contributed by atoms with Crippen molar-refractivity contribution < 1.29 is 14.3 Å². The fourth-order valence-corrected chi connectivity index (χ4v) is 5.56. The van der Waals surface area contributed by atoms with Crippen LogP contribution in [-0.2, 0) is 19.7 Å². The van der Waals surface area contributed by atoms with Gasteiger partial charge in [0.1, 0.15) is 5.76 Å². The average Bonchev–Trinajstić information content (AvgIpc) is 2.53. The zero-order valence-corrected chi connectivity index (χ0v) is 14.3. The molecule has 3 nitrogen and oxygen atoms in total. The van der Waals surface area contributed by atoms with Crippen LogP contribution in [0.15, 0.2) is 51.1 Å². The molecule has 2 aliphatic heterocycles. The Hall–Kier alpha value is -1.23. The Kier molecular flexibility index (Phi) is 3.59. The first kappa shape index (κ1) is 15.3. The highest BCUT2D eigenvalue weighted by Gasteiger charge is 2.56. The van der Waals surface area contributed by atoms with Gasteiger partial charge >= 0.3 is 5.97 Å². The summed E-state index contributed by atoms with van der Waals surface area (Å²) in [6, 6.07) is 7.91. The van der Waals surface area contributed by atoms with Gasteiger partial charge in [0.05, 0.1) is 22.4 Å². The van der Waals surface area contributed by atoms with E-state index in [0.29, 0.717) is 6.42 Å². The van der Waals surface area contributed by atoms with E-state index < -0.39 is 11.3 Å². The van der Waals surface area contributed by atoms with E-state index in [1.165, 1.54) is 6.08 Å². The lowest BCUT2D eigenvalue weighted by molar-refractivity contribution is -0.149. The van der Waals surface area contributed by atoms with Crippen molar-refractivity contribution in [1.29, 1.82) is 0 Å². The summed E-state index contributed by atoms with van der Waals surface area (Å²) in [6.07, 6.45) is 2.24. The van der Waals surface area contributed by atoms with E-state index in [-0.39, 0.29) is 34.0 Å². The molecule has 4 rings (SSSR count). The minimum Gasteiger partial charge on any atom is -0.429 e. The minimum atomic E-state index is -0.632. The van der Waals surface area contributed by atoms with Crippen LogP contribution in [0.4, 0.5) is 0 Å². The number of carbonyl (C=O) groups excluding carboxylic acids is 2. The number of Topliss-reactive ketones (excluding diaryl/α,β-unsaturated/α-hetero) is 1. The van der Waals surface area contributed by atoms with Gasteiger partial charge in [-0.2, -0.15) is 0 Å². The first-order valence-electron chi connectivity index (χ1n) is 7.27. The van der Waals surface area contributed by atoms with E-state index >= 15 is 0 Å². The maximum Gasteiger partial charge on any atom is 0.311 e. The molecule has 6 heteroatoms. The number of ether oxygens (including phenoxy) is 1. The van der Waals surface area contributed by atoms with Crippen LogP contribution in [0.3, 0.4) is 0 Å². The van der Waals surface area contributed by atoms with Gasteiger partial charge in [-0.3, -0.25) is 9.59 Å². The molecule has 1 aromatic rings. The molecule has 1 spiro atoms. The van der Waals surface area contributed by atoms with Crippen LogP contribution in [0, 0.1) is 5.92 Å². The number of allylic oxidation sites excluding steroid dienone is 4. The number of ketones is 1. The standard InChI is InChI=1S/C17H12Cl2O3S/c18-10-7-11(19)16-14(15(10)21)17(8-13(20)22-16)5-6-23-12-4-2-1-3-9(12)17/h1-4,7,14H,5-6,8H2. The number of fused-ring (bicyclic) bond motifs is 4. The number of hydrogen-bond donors (Lipinski definition) is 0. The van der Waals surface area contributed by atoms with Gasteiger partial charge in [0.15, 0.2) is 5.78 Å². The smallest absolute Gasteiger partial charge is 0.311 e. The number of esters is 1. The molecular weight excluding hydrogens is 355 g/mol. The molecule has 0 radical (unpaired) electrons. The van der Waals surface area contributed by atoms with Crippen molar-refractivity contribution in [2.24, 2.45) is 5.92 Å². The molecule has 2 atom stereocenters. The van der Waals surface area contributed by atoms with Crippen molar-refractivity contribution in [2.75, 3.05) is 5.75 Å². The van der Waals surface area contributed by atoms with Gasteiger partial charge in [0.2, 0.25) is 0 Å². The Morgan fingerprint density at radius 1 is 1.22 bits per heavy atom. The Bertz CT molecular complexity index is 799. The van der Waals surface area contributed by atoms with Crippen LogP contribution in [0.25, 0.3) is 0 Å². The number of thioether (sulfide) groups is 1. The van der Waals surface area contributed by atoms with E-state index in [4.69, 9.17) is 27.9 Å². The Morgan fingerprint density at radius 2 is 2.00 bits per heavy atom. The maximum atomic E-state index is 12.8. The van der Waals surface area contributed by atoms with E-state index in [0.717, 1.165) is 16.2 Å². The predicted molar refractivity (Wildman–Crippen MR) is 89.5 cm³/mol. The quantitative estimate of drug-likeness (QED) is 0.647. The molecule has 0 aromatic heterocycles. The van der Waals surface area contributed by atoms with Gasteiger partial charge in [-0.1, -0.05) is 41.4 Å². The number of halogens is 2. The molecule has 0 bridgehead atoms. The van der Waals surface area contributed by atoms with Gasteiger partial charge in [-0.15, -0.1) is 11.8 Å². The van der Waals surface area contributed by atoms with Crippen molar-refractivity contribution in [1.82, 2.24) is 0 Å². The number of benzene rings is 1. The summed E-state index contributed by atoms with van der Waals surface area (Å²) in [6.45, 7) is 0. The number of hydrogen-bond acceptors (Lipinski definition) is 4. The molecule has 0 amide bonds. The highest BCUT2D eigenvalue weighted by atomic mass is 35.5. The maximum absolute atomic E-state index is 12.8. The lowest BCUT2D eigenvalue weighted by atomic mass is 9.62. The van der Waals surface area contributed by atoms with Crippen LogP contribution in [-0.4, -0.2) is 17.5 Å². The first-order chi connectivity index (χ1) is 11.0. The van der Waals surface area contributed by atoms with Gasteiger partial charge in [-0.25, -0.2) is 0 Å². The topological polar surface area (TPSA) is 43.4 Å². The van der Waals surface area contributed by atoms with Crippen LogP contribution >= 0.6 is 35.0 Å². The average molecular weight is 367 g/mol.